The summed E-state index contributed by atoms with van der Waals surface area (Å²) in [6.07, 6.45) is -4.66. The molecule has 23 heavy (non-hydrogen) atoms. The molecule has 0 spiro atoms. The maximum atomic E-state index is 12.8. The van der Waals surface area contributed by atoms with Crippen LogP contribution in [0.3, 0.4) is 0 Å². The number of alkyl halides is 3. The van der Waals surface area contributed by atoms with E-state index >= 15 is 0 Å². The highest BCUT2D eigenvalue weighted by atomic mass is 79.9. The van der Waals surface area contributed by atoms with E-state index in [-0.39, 0.29) is 27.8 Å². The second-order valence-electron chi connectivity index (χ2n) is 4.26. The van der Waals surface area contributed by atoms with Crippen molar-refractivity contribution in [1.82, 2.24) is 14.9 Å². The minimum atomic E-state index is -4.66. The highest BCUT2D eigenvalue weighted by Gasteiger charge is 2.39. The van der Waals surface area contributed by atoms with Crippen molar-refractivity contribution < 1.29 is 35.1 Å². The van der Waals surface area contributed by atoms with Crippen LogP contribution in [0.2, 0.25) is 0 Å². The van der Waals surface area contributed by atoms with Gasteiger partial charge in [0.2, 0.25) is 5.16 Å². The summed E-state index contributed by atoms with van der Waals surface area (Å²) < 4.78 is 39.1. The summed E-state index contributed by atoms with van der Waals surface area (Å²) in [5.41, 5.74) is 0.761. The molecule has 0 amide bonds. The van der Waals surface area contributed by atoms with Crippen LogP contribution in [0.1, 0.15) is 11.4 Å². The van der Waals surface area contributed by atoms with Crippen molar-refractivity contribution >= 4 is 23.2 Å². The van der Waals surface area contributed by atoms with Gasteiger partial charge in [-0.15, -0.1) is 10.2 Å². The molecule has 1 aliphatic rings. The molecule has 1 aromatic carbocycles. The zero-order valence-electron chi connectivity index (χ0n) is 11.0. The number of hydrogen-bond donors (Lipinski definition) is 0. The third kappa shape index (κ3) is 3.37. The number of thioether (sulfide) groups is 1. The zero-order chi connectivity index (χ0) is 15.9. The fourth-order valence-electron chi connectivity index (χ4n) is 1.82. The molecule has 2 heterocycles. The lowest BCUT2D eigenvalue weighted by Gasteiger charge is -2.14. The van der Waals surface area contributed by atoms with E-state index in [4.69, 9.17) is 0 Å². The number of halogens is 4. The Labute approximate surface area is 141 Å². The van der Waals surface area contributed by atoms with Gasteiger partial charge in [-0.1, -0.05) is 11.8 Å². The van der Waals surface area contributed by atoms with Crippen LogP contribution < -0.4 is 17.0 Å². The maximum absolute atomic E-state index is 12.8. The van der Waals surface area contributed by atoms with Crippen LogP contribution in [0.15, 0.2) is 34.5 Å². The molecule has 7 nitrogen and oxygen atoms in total. The molecule has 0 radical (unpaired) electrons. The summed E-state index contributed by atoms with van der Waals surface area (Å²) in [5.74, 6) is -0.900. The Balaban J connectivity index is 0.00000192. The van der Waals surface area contributed by atoms with Crippen LogP contribution in [0.5, 0.6) is 0 Å². The van der Waals surface area contributed by atoms with Crippen molar-refractivity contribution in [3.8, 4) is 0 Å². The van der Waals surface area contributed by atoms with E-state index in [2.05, 4.69) is 15.3 Å². The van der Waals surface area contributed by atoms with E-state index in [9.17, 15) is 23.3 Å². The molecule has 12 heteroatoms. The standard InChI is InChI=1S/C11H6F3N5O2S.BrH/c12-11(13,14)9-15-16-10-18(9)17-8(5-22-10)6-1-3-7(4-2-6)19(20)21;/h1-4H,5H2;1H/p-1. The first-order chi connectivity index (χ1) is 10.4. The fraction of sp³-hybridized carbons (Fsp3) is 0.182. The molecule has 0 unspecified atom stereocenters. The van der Waals surface area contributed by atoms with E-state index in [1.54, 1.807) is 0 Å². The predicted molar refractivity (Wildman–Crippen MR) is 70.8 cm³/mol. The minimum absolute atomic E-state index is 0. The number of nitro groups is 1. The first-order valence-corrected chi connectivity index (χ1v) is 6.83. The van der Waals surface area contributed by atoms with E-state index in [0.717, 1.165) is 11.8 Å². The summed E-state index contributed by atoms with van der Waals surface area (Å²) >= 11 is 1.06. The van der Waals surface area contributed by atoms with Crippen LogP contribution in [-0.4, -0.2) is 31.3 Å². The maximum Gasteiger partial charge on any atom is 0.453 e. The van der Waals surface area contributed by atoms with Gasteiger partial charge in [0.1, 0.15) is 0 Å². The molecule has 3 rings (SSSR count). The Morgan fingerprint density at radius 1 is 1.22 bits per heavy atom. The van der Waals surface area contributed by atoms with E-state index in [0.29, 0.717) is 21.7 Å². The quantitative estimate of drug-likeness (QED) is 0.497. The van der Waals surface area contributed by atoms with Crippen molar-refractivity contribution in [1.29, 1.82) is 0 Å². The van der Waals surface area contributed by atoms with Crippen LogP contribution in [0.25, 0.3) is 0 Å². The average Bonchev–Trinajstić information content (AvgIpc) is 2.90. The van der Waals surface area contributed by atoms with E-state index in [1.165, 1.54) is 24.3 Å². The average molecular weight is 409 g/mol. The molecule has 0 aliphatic carbocycles. The first kappa shape index (κ1) is 17.4. The van der Waals surface area contributed by atoms with Gasteiger partial charge in [-0.25, -0.2) is 0 Å². The molecule has 0 N–H and O–H groups in total. The first-order valence-electron chi connectivity index (χ1n) is 5.84. The number of nitro benzene ring substituents is 1. The predicted octanol–water partition coefficient (Wildman–Crippen LogP) is -0.433. The third-order valence-corrected chi connectivity index (χ3v) is 3.77. The molecule has 2 aromatic rings. The lowest BCUT2D eigenvalue weighted by atomic mass is 10.1. The van der Waals surface area contributed by atoms with Crippen molar-refractivity contribution in [2.45, 2.75) is 11.3 Å². The monoisotopic (exact) mass is 408 g/mol. The Bertz CT molecular complexity index is 775. The number of hydrogen-bond acceptors (Lipinski definition) is 6. The van der Waals surface area contributed by atoms with Gasteiger partial charge in [-0.2, -0.15) is 22.9 Å². The molecule has 122 valence electrons. The van der Waals surface area contributed by atoms with Crippen molar-refractivity contribution in [2.75, 3.05) is 5.75 Å². The van der Waals surface area contributed by atoms with Crippen LogP contribution in [0, 0.1) is 10.1 Å². The summed E-state index contributed by atoms with van der Waals surface area (Å²) in [5, 5.41) is 21.1. The SMILES string of the molecule is O=[N+]([O-])c1ccc(C2=Nn3c(nnc3C(F)(F)F)SC2)cc1.[Br-]. The molecule has 0 fully saturated rings. The van der Waals surface area contributed by atoms with Crippen LogP contribution in [-0.2, 0) is 6.18 Å². The summed E-state index contributed by atoms with van der Waals surface area (Å²) in [6, 6.07) is 5.43. The van der Waals surface area contributed by atoms with Gasteiger partial charge in [0.05, 0.1) is 10.6 Å². The lowest BCUT2D eigenvalue weighted by Crippen LogP contribution is -3.00. The van der Waals surface area contributed by atoms with Crippen molar-refractivity contribution in [2.24, 2.45) is 5.10 Å². The molecular formula is C11H6BrF3N5O2S-. The van der Waals surface area contributed by atoms with Crippen LogP contribution >= 0.6 is 11.8 Å². The lowest BCUT2D eigenvalue weighted by molar-refractivity contribution is -0.384. The summed E-state index contributed by atoms with van der Waals surface area (Å²) in [7, 11) is 0. The number of nitrogens with zero attached hydrogens (tertiary/aromatic N) is 5. The Hall–Kier alpha value is -1.95. The smallest absolute Gasteiger partial charge is 0.453 e. The number of non-ortho nitro benzene ring substituents is 1. The Morgan fingerprint density at radius 2 is 1.87 bits per heavy atom. The van der Waals surface area contributed by atoms with Gasteiger partial charge < -0.3 is 17.0 Å². The highest BCUT2D eigenvalue weighted by molar-refractivity contribution is 7.99. The zero-order valence-corrected chi connectivity index (χ0v) is 13.4. The highest BCUT2D eigenvalue weighted by Crippen LogP contribution is 2.32. The van der Waals surface area contributed by atoms with Gasteiger partial charge in [0, 0.05) is 17.9 Å². The third-order valence-electron chi connectivity index (χ3n) is 2.84. The second-order valence-corrected chi connectivity index (χ2v) is 5.20. The van der Waals surface area contributed by atoms with Gasteiger partial charge in [-0.3, -0.25) is 10.1 Å². The van der Waals surface area contributed by atoms with E-state index < -0.39 is 16.9 Å². The van der Waals surface area contributed by atoms with Gasteiger partial charge in [0.15, 0.2) is 0 Å². The summed E-state index contributed by atoms with van der Waals surface area (Å²) in [4.78, 5) is 10.0. The fourth-order valence-corrected chi connectivity index (χ4v) is 2.66. The molecule has 1 aromatic heterocycles. The van der Waals surface area contributed by atoms with Gasteiger partial charge in [-0.05, 0) is 17.7 Å². The topological polar surface area (TPSA) is 86.2 Å². The minimum Gasteiger partial charge on any atom is -1.00 e. The van der Waals surface area contributed by atoms with Gasteiger partial charge >= 0.3 is 6.18 Å². The molecule has 0 atom stereocenters. The number of fused-ring (bicyclic) bond motifs is 1. The normalized spacial score (nSPS) is 13.8. The molecule has 0 bridgehead atoms. The Kier molecular flexibility index (Phi) is 4.75. The van der Waals surface area contributed by atoms with Gasteiger partial charge in [0.25, 0.3) is 11.5 Å². The summed E-state index contributed by atoms with van der Waals surface area (Å²) in [6.45, 7) is 0. The molecular weight excluding hydrogens is 403 g/mol. The molecule has 0 saturated heterocycles. The number of aromatic nitrogens is 3. The second kappa shape index (κ2) is 6.28. The number of rotatable bonds is 2. The van der Waals surface area contributed by atoms with Crippen molar-refractivity contribution in [3.05, 3.63) is 45.8 Å². The number of benzene rings is 1. The molecule has 1 aliphatic heterocycles. The van der Waals surface area contributed by atoms with E-state index in [1.807, 2.05) is 0 Å². The Morgan fingerprint density at radius 3 is 2.43 bits per heavy atom. The van der Waals surface area contributed by atoms with Crippen molar-refractivity contribution in [3.63, 3.8) is 0 Å². The largest absolute Gasteiger partial charge is 1.00 e. The van der Waals surface area contributed by atoms with Crippen LogP contribution in [0.4, 0.5) is 18.9 Å². The molecule has 0 saturated carbocycles.